The highest BCUT2D eigenvalue weighted by molar-refractivity contribution is 6.30. The van der Waals surface area contributed by atoms with E-state index in [0.717, 1.165) is 5.56 Å². The zero-order chi connectivity index (χ0) is 15.4. The minimum Gasteiger partial charge on any atom is -0.343 e. The van der Waals surface area contributed by atoms with Gasteiger partial charge in [0.15, 0.2) is 0 Å². The predicted molar refractivity (Wildman–Crippen MR) is 80.2 cm³/mol. The van der Waals surface area contributed by atoms with E-state index in [9.17, 15) is 4.79 Å². The van der Waals surface area contributed by atoms with Crippen LogP contribution in [0.15, 0.2) is 53.3 Å². The van der Waals surface area contributed by atoms with Gasteiger partial charge in [0.25, 0.3) is 5.91 Å². The lowest BCUT2D eigenvalue weighted by atomic mass is 10.2. The van der Waals surface area contributed by atoms with E-state index in [1.165, 1.54) is 6.20 Å². The lowest BCUT2D eigenvalue weighted by molar-refractivity contribution is 0.0946. The summed E-state index contributed by atoms with van der Waals surface area (Å²) in [4.78, 5) is 20.0. The van der Waals surface area contributed by atoms with Gasteiger partial charge in [-0.2, -0.15) is 4.98 Å². The maximum absolute atomic E-state index is 11.9. The highest BCUT2D eigenvalue weighted by atomic mass is 35.5. The van der Waals surface area contributed by atoms with Crippen LogP contribution in [0.2, 0.25) is 5.02 Å². The average Bonchev–Trinajstić information content (AvgIpc) is 3.02. The summed E-state index contributed by atoms with van der Waals surface area (Å²) in [7, 11) is 0. The molecule has 0 aliphatic heterocycles. The molecule has 110 valence electrons. The fourth-order valence-corrected chi connectivity index (χ4v) is 2.02. The summed E-state index contributed by atoms with van der Waals surface area (Å²) < 4.78 is 5.11. The van der Waals surface area contributed by atoms with Crippen molar-refractivity contribution in [1.29, 1.82) is 0 Å². The van der Waals surface area contributed by atoms with Crippen molar-refractivity contribution in [3.05, 3.63) is 65.3 Å². The van der Waals surface area contributed by atoms with E-state index in [2.05, 4.69) is 20.4 Å². The number of nitrogens with zero attached hydrogens (tertiary/aromatic N) is 3. The number of hydrogen-bond acceptors (Lipinski definition) is 5. The lowest BCUT2D eigenvalue weighted by Gasteiger charge is -2.00. The van der Waals surface area contributed by atoms with Crippen molar-refractivity contribution in [2.45, 2.75) is 6.54 Å². The maximum Gasteiger partial charge on any atom is 0.253 e. The van der Waals surface area contributed by atoms with E-state index in [1.54, 1.807) is 36.5 Å². The van der Waals surface area contributed by atoms with Gasteiger partial charge in [0, 0.05) is 23.0 Å². The molecule has 0 radical (unpaired) electrons. The third kappa shape index (κ3) is 3.29. The number of hydrogen-bond donors (Lipinski definition) is 1. The van der Waals surface area contributed by atoms with Gasteiger partial charge >= 0.3 is 0 Å². The second kappa shape index (κ2) is 6.36. The molecule has 0 saturated carbocycles. The minimum absolute atomic E-state index is 0.140. The van der Waals surface area contributed by atoms with Crippen molar-refractivity contribution < 1.29 is 9.32 Å². The number of rotatable bonds is 4. The molecule has 0 bridgehead atoms. The molecule has 1 N–H and O–H groups in total. The zero-order valence-electron chi connectivity index (χ0n) is 11.4. The molecule has 2 aromatic heterocycles. The Bertz CT molecular complexity index is 789. The van der Waals surface area contributed by atoms with E-state index in [1.807, 2.05) is 6.07 Å². The van der Waals surface area contributed by atoms with Crippen LogP contribution in [0.3, 0.4) is 0 Å². The van der Waals surface area contributed by atoms with Crippen LogP contribution in [-0.4, -0.2) is 21.0 Å². The van der Waals surface area contributed by atoms with Gasteiger partial charge in [-0.15, -0.1) is 0 Å². The smallest absolute Gasteiger partial charge is 0.253 e. The van der Waals surface area contributed by atoms with Gasteiger partial charge in [0.2, 0.25) is 11.7 Å². The van der Waals surface area contributed by atoms with Crippen molar-refractivity contribution in [2.75, 3.05) is 0 Å². The van der Waals surface area contributed by atoms with Crippen LogP contribution in [0.25, 0.3) is 11.4 Å². The molecule has 0 spiro atoms. The van der Waals surface area contributed by atoms with Crippen LogP contribution >= 0.6 is 11.6 Å². The van der Waals surface area contributed by atoms with Crippen molar-refractivity contribution in [3.63, 3.8) is 0 Å². The molecule has 22 heavy (non-hydrogen) atoms. The van der Waals surface area contributed by atoms with Crippen LogP contribution in [0.1, 0.15) is 16.2 Å². The van der Waals surface area contributed by atoms with Crippen LogP contribution in [0, 0.1) is 0 Å². The number of carbonyl (C=O) groups is 1. The number of halogens is 1. The largest absolute Gasteiger partial charge is 0.343 e. The van der Waals surface area contributed by atoms with Gasteiger partial charge in [0.1, 0.15) is 0 Å². The quantitative estimate of drug-likeness (QED) is 0.800. The Kier molecular flexibility index (Phi) is 4.11. The molecule has 3 aromatic rings. The second-order valence-electron chi connectivity index (χ2n) is 4.45. The Balaban J connectivity index is 1.66. The first-order valence-corrected chi connectivity index (χ1v) is 6.87. The van der Waals surface area contributed by atoms with E-state index in [-0.39, 0.29) is 12.5 Å². The highest BCUT2D eigenvalue weighted by Crippen LogP contribution is 2.19. The maximum atomic E-state index is 11.9. The summed E-state index contributed by atoms with van der Waals surface area (Å²) in [6.07, 6.45) is 3.09. The molecule has 3 rings (SSSR count). The summed E-state index contributed by atoms with van der Waals surface area (Å²) in [5.41, 5.74) is 1.22. The van der Waals surface area contributed by atoms with Gasteiger partial charge in [-0.25, -0.2) is 0 Å². The summed E-state index contributed by atoms with van der Waals surface area (Å²) in [5, 5.41) is 7.15. The Morgan fingerprint density at radius 1 is 1.27 bits per heavy atom. The summed E-state index contributed by atoms with van der Waals surface area (Å²) in [5.74, 6) is 0.482. The van der Waals surface area contributed by atoms with Crippen LogP contribution in [0.4, 0.5) is 0 Å². The first kappa shape index (κ1) is 14.2. The van der Waals surface area contributed by atoms with Gasteiger partial charge in [0.05, 0.1) is 12.1 Å². The molecule has 0 atom stereocenters. The number of carbonyl (C=O) groups excluding carboxylic acids is 1. The second-order valence-corrected chi connectivity index (χ2v) is 4.88. The monoisotopic (exact) mass is 314 g/mol. The normalized spacial score (nSPS) is 10.4. The van der Waals surface area contributed by atoms with Crippen LogP contribution in [0.5, 0.6) is 0 Å². The van der Waals surface area contributed by atoms with Gasteiger partial charge in [-0.3, -0.25) is 9.78 Å². The SMILES string of the molecule is O=C(NCc1nc(-c2cccc(Cl)c2)no1)c1cccnc1. The van der Waals surface area contributed by atoms with Crippen molar-refractivity contribution in [2.24, 2.45) is 0 Å². The Morgan fingerprint density at radius 3 is 2.95 bits per heavy atom. The molecule has 1 aromatic carbocycles. The van der Waals surface area contributed by atoms with Crippen molar-refractivity contribution >= 4 is 17.5 Å². The van der Waals surface area contributed by atoms with E-state index >= 15 is 0 Å². The van der Waals surface area contributed by atoms with Gasteiger partial charge in [-0.1, -0.05) is 28.9 Å². The summed E-state index contributed by atoms with van der Waals surface area (Å²) in [6.45, 7) is 0.140. The minimum atomic E-state index is -0.254. The molecule has 2 heterocycles. The molecular formula is C15H11ClN4O2. The van der Waals surface area contributed by atoms with Crippen molar-refractivity contribution in [3.8, 4) is 11.4 Å². The van der Waals surface area contributed by atoms with Crippen LogP contribution in [-0.2, 0) is 6.54 Å². The third-order valence-electron chi connectivity index (χ3n) is 2.87. The van der Waals surface area contributed by atoms with E-state index < -0.39 is 0 Å². The highest BCUT2D eigenvalue weighted by Gasteiger charge is 2.11. The van der Waals surface area contributed by atoms with E-state index in [4.69, 9.17) is 16.1 Å². The Labute approximate surface area is 131 Å². The fourth-order valence-electron chi connectivity index (χ4n) is 1.83. The molecule has 6 nitrogen and oxygen atoms in total. The molecule has 0 aliphatic rings. The molecule has 0 unspecified atom stereocenters. The summed E-state index contributed by atoms with van der Waals surface area (Å²) >= 11 is 5.92. The third-order valence-corrected chi connectivity index (χ3v) is 3.11. The summed E-state index contributed by atoms with van der Waals surface area (Å²) in [6, 6.07) is 10.5. The van der Waals surface area contributed by atoms with Crippen LogP contribution < -0.4 is 5.32 Å². The number of amides is 1. The molecule has 0 fully saturated rings. The Morgan fingerprint density at radius 2 is 2.18 bits per heavy atom. The average molecular weight is 315 g/mol. The fraction of sp³-hybridized carbons (Fsp3) is 0.0667. The zero-order valence-corrected chi connectivity index (χ0v) is 12.1. The number of nitrogens with one attached hydrogen (secondary N) is 1. The van der Waals surface area contributed by atoms with E-state index in [0.29, 0.717) is 22.3 Å². The molecular weight excluding hydrogens is 304 g/mol. The molecule has 0 saturated heterocycles. The van der Waals surface area contributed by atoms with Crippen molar-refractivity contribution in [1.82, 2.24) is 20.4 Å². The van der Waals surface area contributed by atoms with Gasteiger partial charge < -0.3 is 9.84 Å². The van der Waals surface area contributed by atoms with Gasteiger partial charge in [-0.05, 0) is 24.3 Å². The molecule has 0 aliphatic carbocycles. The molecule has 1 amide bonds. The predicted octanol–water partition coefficient (Wildman–Crippen LogP) is 2.72. The number of pyridine rings is 1. The Hall–Kier alpha value is -2.73. The first-order chi connectivity index (χ1) is 10.7. The topological polar surface area (TPSA) is 80.9 Å². The lowest BCUT2D eigenvalue weighted by Crippen LogP contribution is -2.22. The molecule has 7 heteroatoms. The standard InChI is InChI=1S/C15H11ClN4O2/c16-12-5-1-3-10(7-12)14-19-13(22-20-14)9-18-15(21)11-4-2-6-17-8-11/h1-8H,9H2,(H,18,21). The first-order valence-electron chi connectivity index (χ1n) is 6.49. The number of benzene rings is 1. The number of aromatic nitrogens is 3.